The number of H-pyrrole nitrogens is 1. The van der Waals surface area contributed by atoms with Gasteiger partial charge in [0.1, 0.15) is 10.5 Å². The number of aromatic amines is 1. The minimum Gasteiger partial charge on any atom is -0.291 e. The van der Waals surface area contributed by atoms with Crippen LogP contribution < -0.4 is 10.0 Å². The first-order valence-electron chi connectivity index (χ1n) is 6.38. The average Bonchev–Trinajstić information content (AvgIpc) is 3.20. The van der Waals surface area contributed by atoms with Crippen LogP contribution in [0.25, 0.3) is 0 Å². The van der Waals surface area contributed by atoms with Gasteiger partial charge in [-0.1, -0.05) is 12.1 Å². The molecule has 1 amide bonds. The molecule has 0 spiro atoms. The van der Waals surface area contributed by atoms with Gasteiger partial charge in [0.25, 0.3) is 15.9 Å². The molecule has 118 valence electrons. The lowest BCUT2D eigenvalue weighted by molar-refractivity contribution is 0.102. The van der Waals surface area contributed by atoms with Crippen molar-refractivity contribution in [1.82, 2.24) is 15.2 Å². The van der Waals surface area contributed by atoms with E-state index in [2.05, 4.69) is 25.2 Å². The molecule has 0 aliphatic rings. The molecule has 8 nitrogen and oxygen atoms in total. The van der Waals surface area contributed by atoms with E-state index in [-0.39, 0.29) is 15.7 Å². The maximum Gasteiger partial charge on any atom is 0.271 e. The van der Waals surface area contributed by atoms with Gasteiger partial charge in [-0.2, -0.15) is 10.1 Å². The minimum absolute atomic E-state index is 0.203. The second kappa shape index (κ2) is 6.18. The Kier molecular flexibility index (Phi) is 4.08. The van der Waals surface area contributed by atoms with Gasteiger partial charge in [0.05, 0.1) is 0 Å². The standard InChI is InChI=1S/C13H11N5O3S2/c19-12(16-13-14-8-15-17-13)9-3-1-4-10(7-9)18-23(20,21)11-5-2-6-22-11/h1-8,18H,(H2,14,15,16,17,19). The van der Waals surface area contributed by atoms with E-state index < -0.39 is 15.9 Å². The van der Waals surface area contributed by atoms with Crippen molar-refractivity contribution in [3.05, 3.63) is 53.7 Å². The molecule has 0 fully saturated rings. The Labute approximate surface area is 135 Å². The van der Waals surface area contributed by atoms with Gasteiger partial charge in [0.15, 0.2) is 0 Å². The van der Waals surface area contributed by atoms with Crippen LogP contribution in [-0.4, -0.2) is 29.5 Å². The maximum atomic E-state index is 12.2. The van der Waals surface area contributed by atoms with E-state index in [0.29, 0.717) is 5.69 Å². The molecule has 1 aromatic carbocycles. The molecule has 0 saturated carbocycles. The van der Waals surface area contributed by atoms with Gasteiger partial charge < -0.3 is 0 Å². The van der Waals surface area contributed by atoms with E-state index >= 15 is 0 Å². The van der Waals surface area contributed by atoms with Crippen LogP contribution >= 0.6 is 11.3 Å². The smallest absolute Gasteiger partial charge is 0.271 e. The van der Waals surface area contributed by atoms with E-state index in [9.17, 15) is 13.2 Å². The van der Waals surface area contributed by atoms with E-state index in [0.717, 1.165) is 11.3 Å². The van der Waals surface area contributed by atoms with E-state index in [1.54, 1.807) is 29.6 Å². The number of thiophene rings is 1. The second-order valence-corrected chi connectivity index (χ2v) is 7.26. The molecular weight excluding hydrogens is 338 g/mol. The summed E-state index contributed by atoms with van der Waals surface area (Å²) >= 11 is 1.11. The number of rotatable bonds is 5. The fourth-order valence-electron chi connectivity index (χ4n) is 1.79. The van der Waals surface area contributed by atoms with E-state index in [1.165, 1.54) is 18.5 Å². The fourth-order valence-corrected chi connectivity index (χ4v) is 3.83. The highest BCUT2D eigenvalue weighted by atomic mass is 32.2. The number of nitrogens with zero attached hydrogens (tertiary/aromatic N) is 2. The minimum atomic E-state index is -3.65. The Hall–Kier alpha value is -2.72. The first-order valence-corrected chi connectivity index (χ1v) is 8.74. The number of carbonyl (C=O) groups is 1. The van der Waals surface area contributed by atoms with Gasteiger partial charge in [-0.3, -0.25) is 14.8 Å². The predicted molar refractivity (Wildman–Crippen MR) is 85.9 cm³/mol. The summed E-state index contributed by atoms with van der Waals surface area (Å²) in [4.78, 5) is 15.9. The average molecular weight is 349 g/mol. The lowest BCUT2D eigenvalue weighted by Gasteiger charge is -2.08. The summed E-state index contributed by atoms with van der Waals surface area (Å²) in [5.41, 5.74) is 0.580. The van der Waals surface area contributed by atoms with Gasteiger partial charge in [-0.05, 0) is 29.6 Å². The van der Waals surface area contributed by atoms with Crippen LogP contribution in [0.15, 0.2) is 52.3 Å². The molecule has 3 rings (SSSR count). The Balaban J connectivity index is 1.79. The van der Waals surface area contributed by atoms with Gasteiger partial charge in [-0.25, -0.2) is 13.5 Å². The molecule has 2 heterocycles. The summed E-state index contributed by atoms with van der Waals surface area (Å²) in [6.07, 6.45) is 1.27. The SMILES string of the molecule is O=C(Nc1ncn[nH]1)c1cccc(NS(=O)(=O)c2cccs2)c1. The number of anilines is 2. The number of carbonyl (C=O) groups excluding carboxylic acids is 1. The quantitative estimate of drug-likeness (QED) is 0.650. The fraction of sp³-hybridized carbons (Fsp3) is 0. The zero-order chi connectivity index (χ0) is 16.3. The number of benzene rings is 1. The van der Waals surface area contributed by atoms with Gasteiger partial charge >= 0.3 is 0 Å². The molecule has 0 aliphatic carbocycles. The number of amides is 1. The van der Waals surface area contributed by atoms with E-state index in [4.69, 9.17) is 0 Å². The maximum absolute atomic E-state index is 12.2. The first-order chi connectivity index (χ1) is 11.0. The van der Waals surface area contributed by atoms with Crippen molar-refractivity contribution in [2.75, 3.05) is 10.0 Å². The third-order valence-electron chi connectivity index (χ3n) is 2.78. The summed E-state index contributed by atoms with van der Waals surface area (Å²) in [6.45, 7) is 0. The van der Waals surface area contributed by atoms with Crippen LogP contribution in [0.3, 0.4) is 0 Å². The van der Waals surface area contributed by atoms with Crippen LogP contribution in [0.2, 0.25) is 0 Å². The summed E-state index contributed by atoms with van der Waals surface area (Å²) in [5, 5.41) is 10.3. The Morgan fingerprint density at radius 3 is 2.78 bits per heavy atom. The molecule has 0 atom stereocenters. The topological polar surface area (TPSA) is 117 Å². The first kappa shape index (κ1) is 15.2. The molecular formula is C13H11N5O3S2. The molecule has 0 unspecified atom stereocenters. The molecule has 3 aromatic rings. The van der Waals surface area contributed by atoms with Crippen molar-refractivity contribution in [3.63, 3.8) is 0 Å². The molecule has 10 heteroatoms. The number of aromatic nitrogens is 3. The summed E-state index contributed by atoms with van der Waals surface area (Å²) in [6, 6.07) is 9.32. The van der Waals surface area contributed by atoms with Crippen molar-refractivity contribution in [1.29, 1.82) is 0 Å². The third-order valence-corrected chi connectivity index (χ3v) is 5.56. The molecule has 0 aliphatic heterocycles. The molecule has 0 radical (unpaired) electrons. The Bertz CT molecular complexity index is 905. The molecule has 2 aromatic heterocycles. The van der Waals surface area contributed by atoms with Crippen LogP contribution in [0.1, 0.15) is 10.4 Å². The monoisotopic (exact) mass is 349 g/mol. The number of nitrogens with one attached hydrogen (secondary N) is 3. The highest BCUT2D eigenvalue weighted by Crippen LogP contribution is 2.21. The number of hydrogen-bond donors (Lipinski definition) is 3. The lowest BCUT2D eigenvalue weighted by Crippen LogP contribution is -2.15. The third kappa shape index (κ3) is 3.55. The van der Waals surface area contributed by atoms with Crippen LogP contribution in [0, 0.1) is 0 Å². The van der Waals surface area contributed by atoms with Crippen LogP contribution in [-0.2, 0) is 10.0 Å². The van der Waals surface area contributed by atoms with Gasteiger partial charge in [0, 0.05) is 11.3 Å². The summed E-state index contributed by atoms with van der Waals surface area (Å²) in [5.74, 6) is -0.224. The largest absolute Gasteiger partial charge is 0.291 e. The zero-order valence-electron chi connectivity index (χ0n) is 11.6. The van der Waals surface area contributed by atoms with Crippen molar-refractivity contribution >= 4 is 38.9 Å². The molecule has 0 saturated heterocycles. The molecule has 3 N–H and O–H groups in total. The molecule has 0 bridgehead atoms. The van der Waals surface area contributed by atoms with Crippen LogP contribution in [0.5, 0.6) is 0 Å². The zero-order valence-corrected chi connectivity index (χ0v) is 13.2. The Morgan fingerprint density at radius 2 is 2.09 bits per heavy atom. The second-order valence-electron chi connectivity index (χ2n) is 4.41. The Morgan fingerprint density at radius 1 is 1.22 bits per heavy atom. The van der Waals surface area contributed by atoms with Crippen LogP contribution in [0.4, 0.5) is 11.6 Å². The molecule has 23 heavy (non-hydrogen) atoms. The van der Waals surface area contributed by atoms with Crippen molar-refractivity contribution in [3.8, 4) is 0 Å². The number of hydrogen-bond acceptors (Lipinski definition) is 6. The van der Waals surface area contributed by atoms with Crippen molar-refractivity contribution in [2.45, 2.75) is 4.21 Å². The summed E-state index contributed by atoms with van der Waals surface area (Å²) in [7, 11) is -3.65. The van der Waals surface area contributed by atoms with E-state index in [1.807, 2.05) is 0 Å². The number of sulfonamides is 1. The van der Waals surface area contributed by atoms with Crippen molar-refractivity contribution in [2.24, 2.45) is 0 Å². The highest BCUT2D eigenvalue weighted by molar-refractivity contribution is 7.94. The normalized spacial score (nSPS) is 11.1. The van der Waals surface area contributed by atoms with Crippen molar-refractivity contribution < 1.29 is 13.2 Å². The highest BCUT2D eigenvalue weighted by Gasteiger charge is 2.16. The lowest BCUT2D eigenvalue weighted by atomic mass is 10.2. The summed E-state index contributed by atoms with van der Waals surface area (Å²) < 4.78 is 27.0. The van der Waals surface area contributed by atoms with Gasteiger partial charge in [0.2, 0.25) is 5.95 Å². The van der Waals surface area contributed by atoms with Gasteiger partial charge in [-0.15, -0.1) is 11.3 Å². The predicted octanol–water partition coefficient (Wildman–Crippen LogP) is 1.92.